The van der Waals surface area contributed by atoms with Gasteiger partial charge in [-0.2, -0.15) is 0 Å². The molecule has 0 radical (unpaired) electrons. The van der Waals surface area contributed by atoms with Crippen molar-refractivity contribution >= 4 is 39.2 Å². The van der Waals surface area contributed by atoms with Crippen LogP contribution in [0.3, 0.4) is 0 Å². The first kappa shape index (κ1) is 40.1. The molecule has 272 valence electrons. The summed E-state index contributed by atoms with van der Waals surface area (Å²) in [6.07, 6.45) is 8.72. The summed E-state index contributed by atoms with van der Waals surface area (Å²) in [5.41, 5.74) is 3.17. The molecule has 0 bridgehead atoms. The summed E-state index contributed by atoms with van der Waals surface area (Å²) in [7, 11) is -2.23. The second-order valence-electron chi connectivity index (χ2n) is 11.8. The first-order valence-corrected chi connectivity index (χ1v) is 18.9. The molecule has 0 amide bonds. The zero-order valence-corrected chi connectivity index (χ0v) is 32.6. The second kappa shape index (κ2) is 21.6. The fourth-order valence-electron chi connectivity index (χ4n) is 5.73. The minimum Gasteiger partial charge on any atom is -0.871 e. The molecule has 7 nitrogen and oxygen atoms in total. The van der Waals surface area contributed by atoms with Gasteiger partial charge in [0, 0.05) is 54.7 Å². The Bertz CT molecular complexity index is 1870. The Kier molecular flexibility index (Phi) is 16.0. The second-order valence-corrected chi connectivity index (χ2v) is 13.7. The highest BCUT2D eigenvalue weighted by molar-refractivity contribution is 9.10. The quantitative estimate of drug-likeness (QED) is 0.0546. The molecule has 0 atom stereocenters. The van der Waals surface area contributed by atoms with Crippen molar-refractivity contribution in [3.63, 3.8) is 0 Å². The van der Waals surface area contributed by atoms with E-state index in [1.807, 2.05) is 164 Å². The Balaban J connectivity index is 0.000000169. The van der Waals surface area contributed by atoms with Gasteiger partial charge in [-0.1, -0.05) is 159 Å². The van der Waals surface area contributed by atoms with Gasteiger partial charge >= 0.3 is 0 Å². The molecule has 2 heterocycles. The maximum Gasteiger partial charge on any atom is 0.224 e. The lowest BCUT2D eigenvalue weighted by atomic mass is 9.67. The normalized spacial score (nSPS) is 10.5. The molecule has 0 fully saturated rings. The molecule has 7 rings (SSSR count). The van der Waals surface area contributed by atoms with E-state index < -0.39 is 7.32 Å². The molecule has 10 heteroatoms. The topological polar surface area (TPSA) is 81.6 Å². The van der Waals surface area contributed by atoms with Crippen molar-refractivity contribution in [2.45, 2.75) is 18.3 Å². The number of hydrogen-bond donors (Lipinski definition) is 0. The number of pyridine rings is 2. The molecule has 0 aliphatic heterocycles. The molecular weight excluding hydrogens is 807 g/mol. The van der Waals surface area contributed by atoms with Crippen LogP contribution >= 0.6 is 31.9 Å². The predicted molar refractivity (Wildman–Crippen MR) is 214 cm³/mol. The number of rotatable bonds is 12. The third kappa shape index (κ3) is 12.5. The van der Waals surface area contributed by atoms with Crippen LogP contribution in [0.25, 0.3) is 0 Å². The van der Waals surface area contributed by atoms with Gasteiger partial charge in [0.05, 0.1) is 7.32 Å². The number of hydrogen-bond acceptors (Lipinski definition) is 5. The van der Waals surface area contributed by atoms with Crippen molar-refractivity contribution in [2.75, 3.05) is 6.61 Å². The van der Waals surface area contributed by atoms with E-state index in [0.717, 1.165) is 26.9 Å². The van der Waals surface area contributed by atoms with Crippen molar-refractivity contribution in [1.29, 1.82) is 0 Å². The van der Waals surface area contributed by atoms with Crippen LogP contribution in [0, 0.1) is 0 Å². The van der Waals surface area contributed by atoms with Crippen molar-refractivity contribution in [3.8, 4) is 11.5 Å². The van der Waals surface area contributed by atoms with Gasteiger partial charge in [0.2, 0.25) is 36.3 Å². The Morgan fingerprint density at radius 1 is 0.463 bits per heavy atom. The van der Waals surface area contributed by atoms with E-state index in [0.29, 0.717) is 6.42 Å². The molecule has 0 unspecified atom stereocenters. The van der Waals surface area contributed by atoms with E-state index in [4.69, 9.17) is 14.3 Å². The maximum absolute atomic E-state index is 10.7. The first-order valence-electron chi connectivity index (χ1n) is 17.3. The van der Waals surface area contributed by atoms with Gasteiger partial charge in [-0.15, -0.1) is 0 Å². The molecular formula is C44H39BBr2N2O5. The highest BCUT2D eigenvalue weighted by Crippen LogP contribution is 2.43. The zero-order valence-electron chi connectivity index (χ0n) is 29.4. The van der Waals surface area contributed by atoms with Gasteiger partial charge in [-0.05, 0) is 53.8 Å². The molecule has 2 aromatic heterocycles. The fraction of sp³-hybridized carbons (Fsp3) is 0.0909. The fourth-order valence-corrected chi connectivity index (χ4v) is 6.21. The predicted octanol–water partition coefficient (Wildman–Crippen LogP) is 7.68. The number of aromatic nitrogens is 2. The molecule has 0 saturated heterocycles. The highest BCUT2D eigenvalue weighted by atomic mass is 79.9. The summed E-state index contributed by atoms with van der Waals surface area (Å²) in [5.74, 6) is 1.64. The molecule has 0 aliphatic rings. The maximum atomic E-state index is 10.7. The Hall–Kier alpha value is -5.10. The van der Waals surface area contributed by atoms with Gasteiger partial charge in [-0.3, -0.25) is 0 Å². The van der Waals surface area contributed by atoms with E-state index in [-0.39, 0.29) is 12.0 Å². The summed E-state index contributed by atoms with van der Waals surface area (Å²) in [6.45, 7) is 0.159. The van der Waals surface area contributed by atoms with Crippen molar-refractivity contribution < 1.29 is 33.8 Å². The third-order valence-corrected chi connectivity index (χ3v) is 9.24. The smallest absolute Gasteiger partial charge is 0.224 e. The number of halogens is 2. The first-order chi connectivity index (χ1) is 26.4. The van der Waals surface area contributed by atoms with E-state index >= 15 is 0 Å². The molecule has 0 saturated carbocycles. The average molecular weight is 846 g/mol. The number of para-hydroxylation sites is 2. The van der Waals surface area contributed by atoms with Crippen LogP contribution < -0.4 is 29.2 Å². The van der Waals surface area contributed by atoms with Gasteiger partial charge in [0.15, 0.2) is 0 Å². The van der Waals surface area contributed by atoms with Crippen molar-refractivity contribution in [2.24, 2.45) is 0 Å². The lowest BCUT2D eigenvalue weighted by molar-refractivity contribution is -0.875. The molecule has 0 aliphatic carbocycles. The van der Waals surface area contributed by atoms with Crippen LogP contribution in [0.15, 0.2) is 210 Å². The van der Waals surface area contributed by atoms with Crippen molar-refractivity contribution in [1.82, 2.24) is 0 Å². The van der Waals surface area contributed by atoms with Crippen LogP contribution in [0.4, 0.5) is 0 Å². The van der Waals surface area contributed by atoms with E-state index in [1.165, 1.54) is 16.7 Å². The van der Waals surface area contributed by atoms with Gasteiger partial charge < -0.3 is 14.7 Å². The summed E-state index contributed by atoms with van der Waals surface area (Å²) in [5, 5.41) is 21.4. The minimum atomic E-state index is -2.23. The standard InChI is InChI=1S/C22H21BO3.2C11H9BrNO/c24-23(25)26-18-10-17-22(19-11-4-1-5-12-19,20-13-6-2-7-14-20)21-15-8-3-9-16-21;2*12-10-6-8-13(9-7-10)14-11-4-2-1-3-5-11/h1-9,11-16H,10,17-18H2;2*1-9H/q-2;2*+1. The number of benzene rings is 5. The molecule has 0 spiro atoms. The minimum absolute atomic E-state index is 0.159. The monoisotopic (exact) mass is 844 g/mol. The van der Waals surface area contributed by atoms with Crippen molar-refractivity contribution in [3.05, 3.63) is 226 Å². The Morgan fingerprint density at radius 2 is 0.778 bits per heavy atom. The van der Waals surface area contributed by atoms with Gasteiger partial charge in [0.1, 0.15) is 0 Å². The van der Waals surface area contributed by atoms with Gasteiger partial charge in [0.25, 0.3) is 0 Å². The SMILES string of the molecule is Brc1cc[n+](Oc2ccccc2)cc1.Brc1cc[n+](Oc2ccccc2)cc1.[O-]B([O-])OCCCC(c1ccccc1)(c1ccccc1)c1ccccc1. The lowest BCUT2D eigenvalue weighted by Gasteiger charge is -2.37. The summed E-state index contributed by atoms with van der Waals surface area (Å²) in [4.78, 5) is 11.1. The van der Waals surface area contributed by atoms with Crippen LogP contribution in [-0.2, 0) is 10.1 Å². The van der Waals surface area contributed by atoms with E-state index in [1.54, 1.807) is 9.46 Å². The molecule has 0 N–H and O–H groups in total. The van der Waals surface area contributed by atoms with Crippen LogP contribution in [0.1, 0.15) is 29.5 Å². The average Bonchev–Trinajstić information content (AvgIpc) is 3.22. The van der Waals surface area contributed by atoms with Crippen LogP contribution in [-0.4, -0.2) is 13.9 Å². The summed E-state index contributed by atoms with van der Waals surface area (Å²) in [6, 6.07) is 58.0. The van der Waals surface area contributed by atoms with E-state index in [2.05, 4.69) is 68.3 Å². The zero-order chi connectivity index (χ0) is 37.9. The summed E-state index contributed by atoms with van der Waals surface area (Å²) >= 11 is 6.72. The van der Waals surface area contributed by atoms with E-state index in [9.17, 15) is 10.0 Å². The Labute approximate surface area is 334 Å². The molecule has 5 aromatic carbocycles. The molecule has 7 aromatic rings. The highest BCUT2D eigenvalue weighted by Gasteiger charge is 2.35. The Morgan fingerprint density at radius 3 is 1.09 bits per heavy atom. The number of nitrogens with zero attached hydrogens (tertiary/aromatic N) is 2. The molecule has 54 heavy (non-hydrogen) atoms. The van der Waals surface area contributed by atoms with Crippen LogP contribution in [0.2, 0.25) is 0 Å². The summed E-state index contributed by atoms with van der Waals surface area (Å²) < 4.78 is 10.1. The largest absolute Gasteiger partial charge is 0.871 e. The lowest BCUT2D eigenvalue weighted by Crippen LogP contribution is -2.48. The van der Waals surface area contributed by atoms with Crippen LogP contribution in [0.5, 0.6) is 11.5 Å². The third-order valence-electron chi connectivity index (χ3n) is 8.18. The van der Waals surface area contributed by atoms with Gasteiger partial charge in [-0.25, -0.2) is 9.68 Å².